The third kappa shape index (κ3) is 3.93. The predicted octanol–water partition coefficient (Wildman–Crippen LogP) is 1.38. The van der Waals surface area contributed by atoms with Crippen molar-refractivity contribution in [3.05, 3.63) is 18.6 Å². The van der Waals surface area contributed by atoms with Crippen LogP contribution < -0.4 is 5.32 Å². The molecule has 1 aliphatic rings. The van der Waals surface area contributed by atoms with Crippen molar-refractivity contribution in [1.82, 2.24) is 14.9 Å². The molecule has 1 amide bonds. The van der Waals surface area contributed by atoms with Crippen LogP contribution in [0.3, 0.4) is 0 Å². The van der Waals surface area contributed by atoms with Crippen molar-refractivity contribution in [2.75, 3.05) is 11.9 Å². The first-order valence-electron chi connectivity index (χ1n) is 7.55. The maximum atomic E-state index is 12.8. The van der Waals surface area contributed by atoms with Crippen LogP contribution >= 0.6 is 0 Å². The van der Waals surface area contributed by atoms with E-state index in [1.807, 2.05) is 13.8 Å². The van der Waals surface area contributed by atoms with Gasteiger partial charge in [-0.2, -0.15) is 0 Å². The Kier molecular flexibility index (Phi) is 5.30. The number of carbonyl (C=O) groups is 2. The van der Waals surface area contributed by atoms with E-state index in [0.717, 1.165) is 6.42 Å². The average molecular weight is 306 g/mol. The highest BCUT2D eigenvalue weighted by molar-refractivity contribution is 5.89. The molecule has 0 aliphatic carbocycles. The fraction of sp³-hybridized carbons (Fsp3) is 0.600. The van der Waals surface area contributed by atoms with Crippen molar-refractivity contribution >= 4 is 17.7 Å². The smallest absolute Gasteiger partial charge is 0.326 e. The Morgan fingerprint density at radius 3 is 2.82 bits per heavy atom. The molecule has 1 aromatic rings. The summed E-state index contributed by atoms with van der Waals surface area (Å²) in [6, 6.07) is -1.21. The molecule has 1 unspecified atom stereocenters. The normalized spacial score (nSPS) is 19.2. The number of hydrogen-bond donors (Lipinski definition) is 2. The molecule has 0 radical (unpaired) electrons. The van der Waals surface area contributed by atoms with Crippen LogP contribution in [0.5, 0.6) is 0 Å². The number of hydrogen-bond acceptors (Lipinski definition) is 5. The fourth-order valence-corrected chi connectivity index (χ4v) is 2.73. The third-order valence-electron chi connectivity index (χ3n) is 3.71. The minimum Gasteiger partial charge on any atom is -0.480 e. The second kappa shape index (κ2) is 7.20. The number of anilines is 1. The van der Waals surface area contributed by atoms with Gasteiger partial charge in [-0.15, -0.1) is 0 Å². The molecule has 2 N–H and O–H groups in total. The van der Waals surface area contributed by atoms with Gasteiger partial charge >= 0.3 is 5.97 Å². The van der Waals surface area contributed by atoms with Crippen molar-refractivity contribution in [3.8, 4) is 0 Å². The Morgan fingerprint density at radius 1 is 1.45 bits per heavy atom. The Bertz CT molecular complexity index is 521. The third-order valence-corrected chi connectivity index (χ3v) is 3.71. The first-order chi connectivity index (χ1) is 10.5. The average Bonchev–Trinajstić information content (AvgIpc) is 2.96. The van der Waals surface area contributed by atoms with Crippen molar-refractivity contribution in [1.29, 1.82) is 0 Å². The fourth-order valence-electron chi connectivity index (χ4n) is 2.73. The number of aromatic nitrogens is 2. The standard InChI is InChI=1S/C15H22N4O3/c1-10(2)8-11(18-13-9-16-5-6-17-13)14(20)19-7-3-4-12(19)15(21)22/h5-6,9-12H,3-4,7-8H2,1-2H3,(H,17,18)(H,21,22)/t11?,12-/m0/s1. The highest BCUT2D eigenvalue weighted by Crippen LogP contribution is 2.21. The van der Waals surface area contributed by atoms with Gasteiger partial charge in [-0.3, -0.25) is 9.78 Å². The molecular formula is C15H22N4O3. The lowest BCUT2D eigenvalue weighted by Gasteiger charge is -2.28. The zero-order chi connectivity index (χ0) is 16.1. The molecular weight excluding hydrogens is 284 g/mol. The first kappa shape index (κ1) is 16.2. The summed E-state index contributed by atoms with van der Waals surface area (Å²) in [5.74, 6) is -0.297. The highest BCUT2D eigenvalue weighted by atomic mass is 16.4. The van der Waals surface area contributed by atoms with Gasteiger partial charge in [0.15, 0.2) is 0 Å². The number of carboxylic acid groups (broad SMARTS) is 1. The number of carbonyl (C=O) groups excluding carboxylic acids is 1. The van der Waals surface area contributed by atoms with E-state index in [2.05, 4.69) is 15.3 Å². The zero-order valence-corrected chi connectivity index (χ0v) is 12.9. The molecule has 2 rings (SSSR count). The van der Waals surface area contributed by atoms with E-state index < -0.39 is 18.1 Å². The van der Waals surface area contributed by atoms with Gasteiger partial charge in [0.1, 0.15) is 17.9 Å². The van der Waals surface area contributed by atoms with E-state index in [4.69, 9.17) is 0 Å². The predicted molar refractivity (Wildman–Crippen MR) is 81.3 cm³/mol. The molecule has 0 saturated carbocycles. The molecule has 7 nitrogen and oxygen atoms in total. The number of carboxylic acids is 1. The van der Waals surface area contributed by atoms with Gasteiger partial charge in [-0.05, 0) is 25.2 Å². The molecule has 1 fully saturated rings. The Balaban J connectivity index is 2.14. The summed E-state index contributed by atoms with van der Waals surface area (Å²) >= 11 is 0. The maximum absolute atomic E-state index is 12.8. The van der Waals surface area contributed by atoms with E-state index in [1.54, 1.807) is 18.6 Å². The topological polar surface area (TPSA) is 95.4 Å². The number of nitrogens with zero attached hydrogens (tertiary/aromatic N) is 3. The van der Waals surface area contributed by atoms with Gasteiger partial charge in [0, 0.05) is 18.9 Å². The van der Waals surface area contributed by atoms with Crippen LogP contribution in [-0.4, -0.2) is 50.5 Å². The van der Waals surface area contributed by atoms with Crippen LogP contribution in [0.2, 0.25) is 0 Å². The summed E-state index contributed by atoms with van der Waals surface area (Å²) in [5.41, 5.74) is 0. The van der Waals surface area contributed by atoms with E-state index in [1.165, 1.54) is 4.90 Å². The second-order valence-electron chi connectivity index (χ2n) is 5.95. The van der Waals surface area contributed by atoms with Gasteiger partial charge in [0.2, 0.25) is 5.91 Å². The molecule has 120 valence electrons. The van der Waals surface area contributed by atoms with E-state index in [-0.39, 0.29) is 5.91 Å². The van der Waals surface area contributed by atoms with E-state index in [0.29, 0.717) is 31.1 Å². The molecule has 1 aromatic heterocycles. The van der Waals surface area contributed by atoms with Crippen LogP contribution in [0.25, 0.3) is 0 Å². The number of amides is 1. The van der Waals surface area contributed by atoms with E-state index >= 15 is 0 Å². The summed E-state index contributed by atoms with van der Waals surface area (Å²) in [4.78, 5) is 33.6. The second-order valence-corrected chi connectivity index (χ2v) is 5.95. The molecule has 1 aliphatic heterocycles. The van der Waals surface area contributed by atoms with E-state index in [9.17, 15) is 14.7 Å². The van der Waals surface area contributed by atoms with Crippen LogP contribution in [0.4, 0.5) is 5.82 Å². The van der Waals surface area contributed by atoms with Gasteiger partial charge in [-0.25, -0.2) is 9.78 Å². The summed E-state index contributed by atoms with van der Waals surface area (Å²) < 4.78 is 0. The quantitative estimate of drug-likeness (QED) is 0.824. The number of aliphatic carboxylic acids is 1. The molecule has 7 heteroatoms. The van der Waals surface area contributed by atoms with Gasteiger partial charge in [-0.1, -0.05) is 13.8 Å². The molecule has 2 heterocycles. The Morgan fingerprint density at radius 2 is 2.23 bits per heavy atom. The molecule has 22 heavy (non-hydrogen) atoms. The van der Waals surface area contributed by atoms with Crippen LogP contribution in [0.1, 0.15) is 33.1 Å². The lowest BCUT2D eigenvalue weighted by atomic mass is 10.0. The summed E-state index contributed by atoms with van der Waals surface area (Å²) in [6.45, 7) is 4.54. The first-order valence-corrected chi connectivity index (χ1v) is 7.55. The molecule has 0 bridgehead atoms. The summed E-state index contributed by atoms with van der Waals surface area (Å²) in [5, 5.41) is 12.3. The lowest BCUT2D eigenvalue weighted by molar-refractivity contribution is -0.148. The van der Waals surface area contributed by atoms with Crippen molar-refractivity contribution in [2.45, 2.75) is 45.2 Å². The van der Waals surface area contributed by atoms with Crippen molar-refractivity contribution < 1.29 is 14.7 Å². The molecule has 2 atom stereocenters. The van der Waals surface area contributed by atoms with Crippen LogP contribution in [-0.2, 0) is 9.59 Å². The van der Waals surface area contributed by atoms with Gasteiger partial charge in [0.05, 0.1) is 6.20 Å². The summed E-state index contributed by atoms with van der Waals surface area (Å²) in [7, 11) is 0. The highest BCUT2D eigenvalue weighted by Gasteiger charge is 2.37. The van der Waals surface area contributed by atoms with Gasteiger partial charge < -0.3 is 15.3 Å². The lowest BCUT2D eigenvalue weighted by Crippen LogP contribution is -2.48. The van der Waals surface area contributed by atoms with Crippen molar-refractivity contribution in [3.63, 3.8) is 0 Å². The monoisotopic (exact) mass is 306 g/mol. The summed E-state index contributed by atoms with van der Waals surface area (Å²) in [6.07, 6.45) is 6.51. The number of nitrogens with one attached hydrogen (secondary N) is 1. The minimum absolute atomic E-state index is 0.177. The Labute approximate surface area is 129 Å². The van der Waals surface area contributed by atoms with Crippen molar-refractivity contribution in [2.24, 2.45) is 5.92 Å². The largest absolute Gasteiger partial charge is 0.480 e. The SMILES string of the molecule is CC(C)CC(Nc1cnccn1)C(=O)N1CCC[C@H]1C(=O)O. The molecule has 0 aromatic carbocycles. The number of rotatable bonds is 6. The van der Waals surface area contributed by atoms with Crippen LogP contribution in [0, 0.1) is 5.92 Å². The number of likely N-dealkylation sites (tertiary alicyclic amines) is 1. The zero-order valence-electron chi connectivity index (χ0n) is 12.9. The van der Waals surface area contributed by atoms with Gasteiger partial charge in [0.25, 0.3) is 0 Å². The minimum atomic E-state index is -0.936. The molecule has 1 saturated heterocycles. The molecule has 0 spiro atoms. The Hall–Kier alpha value is -2.18. The van der Waals surface area contributed by atoms with Crippen LogP contribution in [0.15, 0.2) is 18.6 Å². The maximum Gasteiger partial charge on any atom is 0.326 e.